The Kier molecular flexibility index (Phi) is 51.8. The van der Waals surface area contributed by atoms with Crippen molar-refractivity contribution >= 4 is 5.97 Å². The van der Waals surface area contributed by atoms with Crippen molar-refractivity contribution in [3.63, 3.8) is 0 Å². The summed E-state index contributed by atoms with van der Waals surface area (Å²) in [5.74, 6) is 0.0469. The highest BCUT2D eigenvalue weighted by molar-refractivity contribution is 5.76. The molecule has 1 atom stereocenters. The molecule has 0 spiro atoms. The van der Waals surface area contributed by atoms with Gasteiger partial charge in [0.05, 0.1) is 6.42 Å². The van der Waals surface area contributed by atoms with Gasteiger partial charge < -0.3 is 4.74 Å². The number of cyclic esters (lactones) is 1. The van der Waals surface area contributed by atoms with Crippen LogP contribution in [-0.4, -0.2) is 11.6 Å². The van der Waals surface area contributed by atoms with Crippen LogP contribution >= 0.6 is 0 Å². The molecule has 0 bridgehead atoms. The van der Waals surface area contributed by atoms with Gasteiger partial charge in [-0.15, -0.1) is 0 Å². The maximum Gasteiger partial charge on any atom is 0.310 e. The summed E-state index contributed by atoms with van der Waals surface area (Å²) in [6, 6.07) is 0. The predicted octanol–water partition coefficient (Wildman–Crippen LogP) is 23.7. The molecule has 1 fully saturated rings. The monoisotopic (exact) mass is 927 g/mol. The highest BCUT2D eigenvalue weighted by atomic mass is 16.6. The van der Waals surface area contributed by atoms with Gasteiger partial charge in [0.2, 0.25) is 0 Å². The first-order valence-corrected chi connectivity index (χ1v) is 31.9. The predicted molar refractivity (Wildman–Crippen MR) is 297 cm³/mol. The van der Waals surface area contributed by atoms with E-state index in [4.69, 9.17) is 4.74 Å². The number of ether oxygens (including phenoxy) is 1. The van der Waals surface area contributed by atoms with Crippen molar-refractivity contribution in [3.05, 3.63) is 0 Å². The van der Waals surface area contributed by atoms with E-state index in [1.54, 1.807) is 0 Å². The van der Waals surface area contributed by atoms with E-state index in [0.29, 0.717) is 6.42 Å². The summed E-state index contributed by atoms with van der Waals surface area (Å²) in [6.07, 6.45) is 85.2. The Balaban J connectivity index is 1.74. The van der Waals surface area contributed by atoms with Crippen LogP contribution in [0.15, 0.2) is 0 Å². The second-order valence-electron chi connectivity index (χ2n) is 22.8. The van der Waals surface area contributed by atoms with E-state index in [0.717, 1.165) is 12.8 Å². The standard InChI is InChI=1S/C64H126O2/c1-3-5-7-9-11-13-15-17-19-21-23-25-27-29-31-33-35-37-39-41-43-45-47-49-51-53-55-57-59-61-64(62-63(65)66-64)60-58-56-54-52-50-48-46-44-42-40-38-36-34-32-30-28-26-24-22-20-18-16-14-12-10-8-6-4-2/h3-62H2,1-2H3. The van der Waals surface area contributed by atoms with Gasteiger partial charge in [0.1, 0.15) is 5.60 Å². The lowest BCUT2D eigenvalue weighted by Gasteiger charge is -2.41. The third-order valence-electron chi connectivity index (χ3n) is 16.0. The summed E-state index contributed by atoms with van der Waals surface area (Å²) in [5.41, 5.74) is -0.0885. The zero-order chi connectivity index (χ0) is 47.2. The Labute approximate surface area is 418 Å². The minimum Gasteiger partial charge on any atom is -0.458 e. The molecule has 1 aliphatic rings. The van der Waals surface area contributed by atoms with E-state index in [-0.39, 0.29) is 11.6 Å². The molecule has 0 N–H and O–H groups in total. The van der Waals surface area contributed by atoms with Gasteiger partial charge in [-0.1, -0.05) is 367 Å². The van der Waals surface area contributed by atoms with Gasteiger partial charge in [-0.25, -0.2) is 0 Å². The Hall–Kier alpha value is -0.530. The van der Waals surface area contributed by atoms with Crippen molar-refractivity contribution in [2.45, 2.75) is 405 Å². The number of unbranched alkanes of at least 4 members (excludes halogenated alkanes) is 55. The molecular formula is C64H126O2. The number of hydrogen-bond acceptors (Lipinski definition) is 2. The molecule has 0 amide bonds. The number of hydrogen-bond donors (Lipinski definition) is 0. The smallest absolute Gasteiger partial charge is 0.310 e. The maximum atomic E-state index is 11.8. The van der Waals surface area contributed by atoms with Gasteiger partial charge in [0.15, 0.2) is 0 Å². The summed E-state index contributed by atoms with van der Waals surface area (Å²) in [5, 5.41) is 0. The van der Waals surface area contributed by atoms with Gasteiger partial charge in [-0.05, 0) is 25.7 Å². The summed E-state index contributed by atoms with van der Waals surface area (Å²) >= 11 is 0. The second-order valence-corrected chi connectivity index (χ2v) is 22.8. The van der Waals surface area contributed by atoms with Crippen molar-refractivity contribution in [1.82, 2.24) is 0 Å². The molecule has 1 unspecified atom stereocenters. The van der Waals surface area contributed by atoms with Crippen molar-refractivity contribution < 1.29 is 9.53 Å². The number of rotatable bonds is 59. The Bertz CT molecular complexity index is 903. The zero-order valence-electron chi connectivity index (χ0n) is 46.2. The third-order valence-corrected chi connectivity index (χ3v) is 16.0. The summed E-state index contributed by atoms with van der Waals surface area (Å²) < 4.78 is 5.81. The Morgan fingerprint density at radius 1 is 0.242 bits per heavy atom. The molecule has 394 valence electrons. The Morgan fingerprint density at radius 3 is 0.485 bits per heavy atom. The molecule has 1 rings (SSSR count). The molecule has 1 heterocycles. The fourth-order valence-electron chi connectivity index (χ4n) is 11.3. The molecule has 1 aliphatic heterocycles. The van der Waals surface area contributed by atoms with Crippen molar-refractivity contribution in [3.8, 4) is 0 Å². The number of carbonyl (C=O) groups excluding carboxylic acids is 1. The quantitative estimate of drug-likeness (QED) is 0.0449. The van der Waals surface area contributed by atoms with Crippen LogP contribution in [0, 0.1) is 0 Å². The first kappa shape index (κ1) is 63.5. The third kappa shape index (κ3) is 47.2. The van der Waals surface area contributed by atoms with E-state index < -0.39 is 0 Å². The molecule has 0 saturated carbocycles. The van der Waals surface area contributed by atoms with Gasteiger partial charge in [0, 0.05) is 0 Å². The number of carbonyl (C=O) groups is 1. The molecule has 0 radical (unpaired) electrons. The molecular weight excluding hydrogens is 801 g/mol. The fraction of sp³-hybridized carbons (Fsp3) is 0.984. The first-order valence-electron chi connectivity index (χ1n) is 31.9. The zero-order valence-corrected chi connectivity index (χ0v) is 46.2. The van der Waals surface area contributed by atoms with Crippen molar-refractivity contribution in [1.29, 1.82) is 0 Å². The van der Waals surface area contributed by atoms with Crippen molar-refractivity contribution in [2.24, 2.45) is 0 Å². The second kappa shape index (κ2) is 53.8. The molecule has 0 aromatic heterocycles. The topological polar surface area (TPSA) is 26.3 Å². The summed E-state index contributed by atoms with van der Waals surface area (Å²) in [7, 11) is 0. The summed E-state index contributed by atoms with van der Waals surface area (Å²) in [6.45, 7) is 4.62. The molecule has 1 saturated heterocycles. The van der Waals surface area contributed by atoms with Gasteiger partial charge in [-0.2, -0.15) is 0 Å². The lowest BCUT2D eigenvalue weighted by atomic mass is 9.83. The SMILES string of the molecule is CCCCCCCCCCCCCCCCCCCCCCCCCCCCCCCC1(CCCCCCCCCCCCCCCCCCCCCCCCCCCCCC)CC(=O)O1. The molecule has 0 aromatic rings. The summed E-state index contributed by atoms with van der Waals surface area (Å²) in [4.78, 5) is 11.8. The van der Waals surface area contributed by atoms with E-state index in [1.165, 1.54) is 366 Å². The van der Waals surface area contributed by atoms with Crippen LogP contribution in [0.2, 0.25) is 0 Å². The largest absolute Gasteiger partial charge is 0.458 e. The molecule has 2 nitrogen and oxygen atoms in total. The van der Waals surface area contributed by atoms with Crippen molar-refractivity contribution in [2.75, 3.05) is 0 Å². The number of esters is 1. The Morgan fingerprint density at radius 2 is 0.364 bits per heavy atom. The van der Waals surface area contributed by atoms with Crippen LogP contribution in [0.3, 0.4) is 0 Å². The first-order chi connectivity index (χ1) is 32.7. The highest BCUT2D eigenvalue weighted by Gasteiger charge is 2.44. The average Bonchev–Trinajstić information content (AvgIpc) is 3.31. The molecule has 0 aliphatic carbocycles. The lowest BCUT2D eigenvalue weighted by molar-refractivity contribution is -0.194. The van der Waals surface area contributed by atoms with Gasteiger partial charge in [-0.3, -0.25) is 4.79 Å². The minimum absolute atomic E-state index is 0.0469. The van der Waals surface area contributed by atoms with E-state index in [9.17, 15) is 4.79 Å². The van der Waals surface area contributed by atoms with Crippen LogP contribution in [0.25, 0.3) is 0 Å². The van der Waals surface area contributed by atoms with Gasteiger partial charge in [0.25, 0.3) is 0 Å². The molecule has 2 heteroatoms. The van der Waals surface area contributed by atoms with E-state index in [1.807, 2.05) is 0 Å². The van der Waals surface area contributed by atoms with Crippen LogP contribution in [0.5, 0.6) is 0 Å². The van der Waals surface area contributed by atoms with Crippen LogP contribution < -0.4 is 0 Å². The van der Waals surface area contributed by atoms with Crippen LogP contribution in [0.1, 0.15) is 399 Å². The molecule has 66 heavy (non-hydrogen) atoms. The van der Waals surface area contributed by atoms with Crippen LogP contribution in [-0.2, 0) is 9.53 Å². The van der Waals surface area contributed by atoms with E-state index >= 15 is 0 Å². The van der Waals surface area contributed by atoms with Gasteiger partial charge >= 0.3 is 5.97 Å². The minimum atomic E-state index is -0.0885. The molecule has 0 aromatic carbocycles. The van der Waals surface area contributed by atoms with Crippen LogP contribution in [0.4, 0.5) is 0 Å². The van der Waals surface area contributed by atoms with E-state index in [2.05, 4.69) is 13.8 Å². The highest BCUT2D eigenvalue weighted by Crippen LogP contribution is 2.38. The maximum absolute atomic E-state index is 11.8. The lowest BCUT2D eigenvalue weighted by Crippen LogP contribution is -2.47. The fourth-order valence-corrected chi connectivity index (χ4v) is 11.3. The average molecular weight is 928 g/mol. The normalized spacial score (nSPS) is 14.9.